The van der Waals surface area contributed by atoms with E-state index in [2.05, 4.69) is 19.2 Å². The second-order valence-corrected chi connectivity index (χ2v) is 5.16. The molecule has 0 bridgehead atoms. The van der Waals surface area contributed by atoms with E-state index in [4.69, 9.17) is 15.6 Å². The third kappa shape index (κ3) is 5.93. The van der Waals surface area contributed by atoms with Crippen LogP contribution >= 0.6 is 0 Å². The van der Waals surface area contributed by atoms with Crippen LogP contribution in [0.25, 0.3) is 0 Å². The van der Waals surface area contributed by atoms with Gasteiger partial charge < -0.3 is 20.9 Å². The van der Waals surface area contributed by atoms with Crippen molar-refractivity contribution in [3.63, 3.8) is 0 Å². The predicted octanol–water partition coefficient (Wildman–Crippen LogP) is 2.25. The Bertz CT molecular complexity index is 421. The topological polar surface area (TPSA) is 84.6 Å². The van der Waals surface area contributed by atoms with E-state index in [1.807, 2.05) is 24.3 Å². The molecule has 1 atom stereocenters. The van der Waals surface area contributed by atoms with Crippen LogP contribution in [0.3, 0.4) is 0 Å². The molecule has 0 aliphatic heterocycles. The zero-order chi connectivity index (χ0) is 15.0. The van der Waals surface area contributed by atoms with Crippen molar-refractivity contribution in [3.05, 3.63) is 29.8 Å². The molecule has 0 aromatic heterocycles. The van der Waals surface area contributed by atoms with Gasteiger partial charge in [-0.3, -0.25) is 0 Å². The van der Waals surface area contributed by atoms with Crippen molar-refractivity contribution in [1.82, 2.24) is 5.32 Å². The summed E-state index contributed by atoms with van der Waals surface area (Å²) in [5.41, 5.74) is 7.05. The Morgan fingerprint density at radius 3 is 2.75 bits per heavy atom. The number of ether oxygens (including phenoxy) is 1. The Labute approximate surface area is 120 Å². The minimum atomic E-state index is -0.988. The Kier molecular flexibility index (Phi) is 6.87. The van der Waals surface area contributed by atoms with Gasteiger partial charge in [-0.05, 0) is 30.4 Å². The smallest absolute Gasteiger partial charge is 0.404 e. The van der Waals surface area contributed by atoms with E-state index in [0.29, 0.717) is 19.1 Å². The largest absolute Gasteiger partial charge is 0.492 e. The van der Waals surface area contributed by atoms with E-state index in [1.54, 1.807) is 0 Å². The fourth-order valence-corrected chi connectivity index (χ4v) is 1.70. The van der Waals surface area contributed by atoms with E-state index in [9.17, 15) is 4.79 Å². The summed E-state index contributed by atoms with van der Waals surface area (Å²) < 4.78 is 5.78. The maximum atomic E-state index is 10.4. The average molecular weight is 280 g/mol. The average Bonchev–Trinajstić information content (AvgIpc) is 2.41. The zero-order valence-electron chi connectivity index (χ0n) is 12.1. The van der Waals surface area contributed by atoms with Crippen LogP contribution in [-0.4, -0.2) is 30.4 Å². The van der Waals surface area contributed by atoms with Crippen molar-refractivity contribution in [3.8, 4) is 5.75 Å². The molecule has 0 heterocycles. The van der Waals surface area contributed by atoms with Crippen LogP contribution in [0.4, 0.5) is 4.79 Å². The monoisotopic (exact) mass is 280 g/mol. The number of para-hydroxylation sites is 1. The summed E-state index contributed by atoms with van der Waals surface area (Å²) in [7, 11) is 0. The Hall–Kier alpha value is -1.75. The number of nitrogens with one attached hydrogen (secondary N) is 1. The lowest BCUT2D eigenvalue weighted by Gasteiger charge is -2.18. The number of carbonyl (C=O) groups is 1. The van der Waals surface area contributed by atoms with Gasteiger partial charge >= 0.3 is 6.09 Å². The van der Waals surface area contributed by atoms with Crippen molar-refractivity contribution >= 4 is 6.09 Å². The van der Waals surface area contributed by atoms with Crippen molar-refractivity contribution in [2.75, 3.05) is 13.2 Å². The molecular formula is C15H24N2O3. The summed E-state index contributed by atoms with van der Waals surface area (Å²) in [6, 6.07) is 7.81. The molecule has 5 nitrogen and oxygen atoms in total. The van der Waals surface area contributed by atoms with Gasteiger partial charge in [0.05, 0.1) is 0 Å². The fraction of sp³-hybridized carbons (Fsp3) is 0.533. The summed E-state index contributed by atoms with van der Waals surface area (Å²) in [4.78, 5) is 10.4. The first-order chi connectivity index (χ1) is 9.50. The molecule has 0 spiro atoms. The molecule has 0 aliphatic rings. The van der Waals surface area contributed by atoms with E-state index in [-0.39, 0.29) is 6.04 Å². The van der Waals surface area contributed by atoms with Crippen LogP contribution < -0.4 is 15.8 Å². The lowest BCUT2D eigenvalue weighted by molar-refractivity contribution is 0.194. The molecule has 112 valence electrons. The molecule has 20 heavy (non-hydrogen) atoms. The van der Waals surface area contributed by atoms with E-state index in [1.165, 1.54) is 0 Å². The van der Waals surface area contributed by atoms with Crippen LogP contribution in [0, 0.1) is 5.92 Å². The lowest BCUT2D eigenvalue weighted by atomic mass is 10.1. The first-order valence-electron chi connectivity index (χ1n) is 6.93. The second kappa shape index (κ2) is 8.43. The molecule has 0 aliphatic carbocycles. The van der Waals surface area contributed by atoms with E-state index < -0.39 is 6.09 Å². The number of aryl methyl sites for hydroxylation is 1. The summed E-state index contributed by atoms with van der Waals surface area (Å²) in [6.07, 6.45) is 0.522. The summed E-state index contributed by atoms with van der Waals surface area (Å²) in [5, 5.41) is 10.9. The molecule has 1 aromatic carbocycles. The van der Waals surface area contributed by atoms with Gasteiger partial charge in [-0.15, -0.1) is 0 Å². The zero-order valence-corrected chi connectivity index (χ0v) is 12.1. The van der Waals surface area contributed by atoms with Crippen molar-refractivity contribution < 1.29 is 14.6 Å². The van der Waals surface area contributed by atoms with Crippen LogP contribution in [0.2, 0.25) is 0 Å². The molecule has 1 unspecified atom stereocenters. The van der Waals surface area contributed by atoms with Crippen molar-refractivity contribution in [1.29, 1.82) is 0 Å². The maximum absolute atomic E-state index is 10.4. The number of rotatable bonds is 8. The van der Waals surface area contributed by atoms with E-state index in [0.717, 1.165) is 24.2 Å². The number of benzene rings is 1. The molecule has 0 fully saturated rings. The van der Waals surface area contributed by atoms with Crippen LogP contribution in [0.1, 0.15) is 25.8 Å². The minimum absolute atomic E-state index is 0.0109. The molecule has 5 heteroatoms. The molecule has 4 N–H and O–H groups in total. The highest BCUT2D eigenvalue weighted by Crippen LogP contribution is 2.20. The molecular weight excluding hydrogens is 256 g/mol. The Morgan fingerprint density at radius 1 is 1.40 bits per heavy atom. The van der Waals surface area contributed by atoms with Crippen LogP contribution in [-0.2, 0) is 6.42 Å². The third-order valence-corrected chi connectivity index (χ3v) is 3.16. The number of hydrogen-bond acceptors (Lipinski definition) is 3. The first kappa shape index (κ1) is 16.3. The van der Waals surface area contributed by atoms with Gasteiger partial charge in [-0.25, -0.2) is 4.79 Å². The number of carboxylic acid groups (broad SMARTS) is 1. The molecule has 0 saturated heterocycles. The van der Waals surface area contributed by atoms with E-state index >= 15 is 0 Å². The quantitative estimate of drug-likeness (QED) is 0.638. The first-order valence-corrected chi connectivity index (χ1v) is 6.93. The number of hydrogen-bond donors (Lipinski definition) is 3. The molecule has 0 radical (unpaired) electrons. The molecule has 1 rings (SSSR count). The van der Waals surface area contributed by atoms with Gasteiger partial charge in [0.25, 0.3) is 0 Å². The molecule has 1 aromatic rings. The van der Waals surface area contributed by atoms with Gasteiger partial charge in [0, 0.05) is 12.6 Å². The standard InChI is InChI=1S/C15H24N2O3/c1-11(2)13(16)10-20-14-8-4-3-6-12(14)7-5-9-17-15(18)19/h3-4,6,8,11,13,17H,5,7,9-10,16H2,1-2H3,(H,18,19). The second-order valence-electron chi connectivity index (χ2n) is 5.16. The van der Waals surface area contributed by atoms with Crippen molar-refractivity contribution in [2.45, 2.75) is 32.7 Å². The lowest BCUT2D eigenvalue weighted by Crippen LogP contribution is -2.33. The minimum Gasteiger partial charge on any atom is -0.492 e. The van der Waals surface area contributed by atoms with Crippen molar-refractivity contribution in [2.24, 2.45) is 11.7 Å². The van der Waals surface area contributed by atoms with Gasteiger partial charge in [0.2, 0.25) is 0 Å². The fourth-order valence-electron chi connectivity index (χ4n) is 1.70. The summed E-state index contributed by atoms with van der Waals surface area (Å²) in [5.74, 6) is 1.21. The van der Waals surface area contributed by atoms with Gasteiger partial charge in [0.1, 0.15) is 12.4 Å². The SMILES string of the molecule is CC(C)C(N)COc1ccccc1CCCNC(=O)O. The normalized spacial score (nSPS) is 12.2. The molecule has 1 amide bonds. The predicted molar refractivity (Wildman–Crippen MR) is 79.1 cm³/mol. The van der Waals surface area contributed by atoms with Crippen LogP contribution in [0.15, 0.2) is 24.3 Å². The maximum Gasteiger partial charge on any atom is 0.404 e. The number of nitrogens with two attached hydrogens (primary N) is 1. The van der Waals surface area contributed by atoms with Gasteiger partial charge in [0.15, 0.2) is 0 Å². The van der Waals surface area contributed by atoms with Gasteiger partial charge in [-0.1, -0.05) is 32.0 Å². The summed E-state index contributed by atoms with van der Waals surface area (Å²) >= 11 is 0. The third-order valence-electron chi connectivity index (χ3n) is 3.16. The number of amides is 1. The van der Waals surface area contributed by atoms with Gasteiger partial charge in [-0.2, -0.15) is 0 Å². The highest BCUT2D eigenvalue weighted by Gasteiger charge is 2.10. The Morgan fingerprint density at radius 2 is 2.10 bits per heavy atom. The van der Waals surface area contributed by atoms with Crippen LogP contribution in [0.5, 0.6) is 5.75 Å². The highest BCUT2D eigenvalue weighted by atomic mass is 16.5. The highest BCUT2D eigenvalue weighted by molar-refractivity contribution is 5.64. The molecule has 0 saturated carbocycles. The Balaban J connectivity index is 2.48. The summed E-state index contributed by atoms with van der Waals surface area (Å²) in [6.45, 7) is 5.06.